The van der Waals surface area contributed by atoms with Crippen molar-refractivity contribution in [2.24, 2.45) is 0 Å². The number of rotatable bonds is 2. The third kappa shape index (κ3) is 34.8. The Labute approximate surface area is 83.7 Å². The summed E-state index contributed by atoms with van der Waals surface area (Å²) in [4.78, 5) is 18.6. The van der Waals surface area contributed by atoms with Crippen molar-refractivity contribution in [3.63, 3.8) is 0 Å². The molecule has 72 valence electrons. The fraction of sp³-hybridized carbons (Fsp3) is 1.00. The first-order valence-electron chi connectivity index (χ1n) is 1.81. The monoisotopic (exact) mass is 405 g/mol. The van der Waals surface area contributed by atoms with Gasteiger partial charge in [0.15, 0.2) is 0 Å². The van der Waals surface area contributed by atoms with E-state index in [1.54, 1.807) is 0 Å². The zero-order valence-corrected chi connectivity index (χ0v) is 9.92. The first-order chi connectivity index (χ1) is 4.54. The van der Waals surface area contributed by atoms with Crippen LogP contribution in [0, 0.1) is 0 Å². The molecule has 0 radical (unpaired) electrons. The maximum atomic E-state index is 9.29. The maximum absolute atomic E-state index is 9.29. The Morgan fingerprint density at radius 3 is 1.55 bits per heavy atom. The molecule has 2 atom stereocenters. The van der Waals surface area contributed by atoms with Gasteiger partial charge in [0.05, 0.1) is 0 Å². The van der Waals surface area contributed by atoms with E-state index in [1.807, 2.05) is 0 Å². The molecule has 6 nitrogen and oxygen atoms in total. The molecule has 0 aliphatic rings. The van der Waals surface area contributed by atoms with E-state index in [4.69, 9.17) is 5.11 Å². The second-order valence-corrected chi connectivity index (χ2v) is 2.78. The molecule has 0 saturated carbocycles. The van der Waals surface area contributed by atoms with Crippen molar-refractivity contribution in [2.75, 3.05) is 6.07 Å². The average molecular weight is 406 g/mol. The van der Waals surface area contributed by atoms with Crippen LogP contribution in [0.25, 0.3) is 0 Å². The fourth-order valence-electron chi connectivity index (χ4n) is 0.0680. The van der Waals surface area contributed by atoms with E-state index < -0.39 is 16.5 Å². The molecule has 0 aromatic carbocycles. The second kappa shape index (κ2) is 13.8. The summed E-state index contributed by atoms with van der Waals surface area (Å²) in [5.74, 6) is 0. The summed E-state index contributed by atoms with van der Waals surface area (Å²) in [7, 11) is -7.03. The first kappa shape index (κ1) is 18.1. The van der Waals surface area contributed by atoms with Crippen LogP contribution >= 0.6 is 28.1 Å². The van der Waals surface area contributed by atoms with Crippen LogP contribution < -0.4 is 9.79 Å². The molecule has 2 unspecified atom stereocenters. The van der Waals surface area contributed by atoms with Crippen molar-refractivity contribution in [3.8, 4) is 0 Å². The molecule has 0 aliphatic heterocycles. The van der Waals surface area contributed by atoms with Gasteiger partial charge in [-0.25, -0.2) is 0 Å². The zero-order chi connectivity index (χ0) is 8.57. The molecule has 0 aromatic heterocycles. The predicted molar refractivity (Wildman–Crippen MR) is 32.0 cm³/mol. The van der Waals surface area contributed by atoms with Gasteiger partial charge in [0, 0.05) is 0 Å². The van der Waals surface area contributed by atoms with Gasteiger partial charge in [-0.15, -0.1) is 0 Å². The summed E-state index contributed by atoms with van der Waals surface area (Å²) in [5.41, 5.74) is 0. The maximum Gasteiger partial charge on any atom is 2.00 e. The smallest absolute Gasteiger partial charge is 0.781 e. The molecular weight excluding hydrogens is 400 g/mol. The second-order valence-electron chi connectivity index (χ2n) is 0.722. The van der Waals surface area contributed by atoms with E-state index in [2.05, 4.69) is 15.9 Å². The van der Waals surface area contributed by atoms with Crippen LogP contribution in [0.4, 0.5) is 0 Å². The molecule has 0 fully saturated rings. The Hall–Kier alpha value is 1.28. The standard InChI is InChI=1S/CH3ClO.H4O5P2.Pt/c2-1-3;1-6(2)5-7(3)4;/h3H,1H2;6-7H,(H,1,2)(H,3,4);/q;;+2/p-2. The van der Waals surface area contributed by atoms with Crippen molar-refractivity contribution >= 4 is 28.1 Å². The normalized spacial score (nSPS) is 13.5. The van der Waals surface area contributed by atoms with Crippen LogP contribution in [0.2, 0.25) is 0 Å². The van der Waals surface area contributed by atoms with Gasteiger partial charge >= 0.3 is 21.1 Å². The van der Waals surface area contributed by atoms with Crippen LogP contribution in [0.3, 0.4) is 0 Å². The number of aliphatic hydroxyl groups excluding tert-OH is 1. The summed E-state index contributed by atoms with van der Waals surface area (Å²) < 4.78 is 21.8. The van der Waals surface area contributed by atoms with Crippen LogP contribution in [-0.2, 0) is 34.5 Å². The number of alkyl halides is 1. The minimum atomic E-state index is -3.51. The number of halogens is 1. The Bertz CT molecular complexity index is 107. The van der Waals surface area contributed by atoms with Gasteiger partial charge in [0.2, 0.25) is 0 Å². The average Bonchev–Trinajstić information content (AvgIpc) is 1.62. The Kier molecular flexibility index (Phi) is 22.8. The third-order valence-electron chi connectivity index (χ3n) is 0.167. The minimum absolute atomic E-state index is 0. The molecule has 0 heterocycles. The Balaban J connectivity index is -0.000000140. The first-order valence-corrected chi connectivity index (χ1v) is 4.79. The van der Waals surface area contributed by atoms with Gasteiger partial charge in [0.1, 0.15) is 22.6 Å². The van der Waals surface area contributed by atoms with Gasteiger partial charge in [-0.05, 0) is 0 Å². The van der Waals surface area contributed by atoms with Crippen LogP contribution in [0.5, 0.6) is 0 Å². The van der Waals surface area contributed by atoms with E-state index >= 15 is 0 Å². The predicted octanol–water partition coefficient (Wildman–Crippen LogP) is -1.32. The topological polar surface area (TPSA) is 110 Å². The molecule has 0 amide bonds. The summed E-state index contributed by atoms with van der Waals surface area (Å²) in [6, 6.07) is -0.278. The largest absolute Gasteiger partial charge is 2.00 e. The van der Waals surface area contributed by atoms with E-state index in [9.17, 15) is 18.9 Å². The SMILES string of the molecule is O=[PH]([O-])O[PH](=O)[O-].OCCl.[Pt+2]. The van der Waals surface area contributed by atoms with Crippen LogP contribution in [0.15, 0.2) is 0 Å². The molecule has 0 saturated heterocycles. The molecule has 0 aromatic rings. The van der Waals surface area contributed by atoms with Gasteiger partial charge in [-0.1, -0.05) is 11.6 Å². The molecule has 11 heavy (non-hydrogen) atoms. The summed E-state index contributed by atoms with van der Waals surface area (Å²) in [5, 5.41) is 7.33. The zero-order valence-electron chi connectivity index (χ0n) is 4.89. The van der Waals surface area contributed by atoms with E-state index in [0.29, 0.717) is 0 Å². The quantitative estimate of drug-likeness (QED) is 0.451. The molecule has 10 heteroatoms. The Morgan fingerprint density at radius 2 is 1.55 bits per heavy atom. The van der Waals surface area contributed by atoms with Crippen molar-refractivity contribution < 1.29 is 49.4 Å². The van der Waals surface area contributed by atoms with Crippen LogP contribution in [0.1, 0.15) is 0 Å². The summed E-state index contributed by atoms with van der Waals surface area (Å²) in [6.07, 6.45) is 0. The van der Waals surface area contributed by atoms with Crippen molar-refractivity contribution in [3.05, 3.63) is 0 Å². The summed E-state index contributed by atoms with van der Waals surface area (Å²) in [6.45, 7) is 0. The van der Waals surface area contributed by atoms with Gasteiger partial charge in [0.25, 0.3) is 0 Å². The molecule has 0 bridgehead atoms. The molecule has 0 spiro atoms. The van der Waals surface area contributed by atoms with Crippen molar-refractivity contribution in [2.45, 2.75) is 0 Å². The fourth-order valence-corrected chi connectivity index (χ4v) is 0.612. The Morgan fingerprint density at radius 1 is 1.36 bits per heavy atom. The van der Waals surface area contributed by atoms with Crippen molar-refractivity contribution in [1.82, 2.24) is 0 Å². The molecule has 0 aliphatic carbocycles. The number of hydrogen-bond acceptors (Lipinski definition) is 6. The van der Waals surface area contributed by atoms with E-state index in [0.717, 1.165) is 0 Å². The number of hydrogen-bond donors (Lipinski definition) is 1. The third-order valence-corrected chi connectivity index (χ3v) is 1.50. The molecule has 1 N–H and O–H groups in total. The van der Waals surface area contributed by atoms with E-state index in [1.165, 1.54) is 0 Å². The molecular formula is CH5ClO6P2Pt. The summed E-state index contributed by atoms with van der Waals surface area (Å²) >= 11 is 4.55. The van der Waals surface area contributed by atoms with Crippen LogP contribution in [-0.4, -0.2) is 11.2 Å². The molecule has 0 rings (SSSR count). The van der Waals surface area contributed by atoms with Crippen molar-refractivity contribution in [1.29, 1.82) is 0 Å². The van der Waals surface area contributed by atoms with Gasteiger partial charge < -0.3 is 24.0 Å². The van der Waals surface area contributed by atoms with Gasteiger partial charge in [-0.3, -0.25) is 4.31 Å². The van der Waals surface area contributed by atoms with Gasteiger partial charge in [-0.2, -0.15) is 0 Å². The number of aliphatic hydroxyl groups is 1. The minimum Gasteiger partial charge on any atom is -0.781 e. The van der Waals surface area contributed by atoms with E-state index in [-0.39, 0.29) is 27.1 Å².